The molecule has 0 aliphatic carbocycles. The van der Waals surface area contributed by atoms with Crippen LogP contribution < -0.4 is 67.5 Å². The van der Waals surface area contributed by atoms with Crippen molar-refractivity contribution in [3.63, 3.8) is 0 Å². The normalized spacial score (nSPS) is 13.7. The first kappa shape index (κ1) is 103. The van der Waals surface area contributed by atoms with Gasteiger partial charge in [0.15, 0.2) is 0 Å². The number of piperidine rings is 1. The van der Waals surface area contributed by atoms with E-state index >= 15 is 0 Å². The van der Waals surface area contributed by atoms with Gasteiger partial charge in [0.25, 0.3) is 0 Å². The van der Waals surface area contributed by atoms with E-state index in [0.717, 1.165) is 314 Å². The minimum atomic E-state index is -0.271. The second-order valence-corrected chi connectivity index (χ2v) is 37.2. The molecular formula is C107H126Cl4FN29O3. The summed E-state index contributed by atoms with van der Waals surface area (Å²) < 4.78 is 29.8. The number of hydrogen-bond acceptors (Lipinski definition) is 32. The van der Waals surface area contributed by atoms with Crippen LogP contribution in [-0.2, 0) is 39.9 Å². The molecule has 4 saturated heterocycles. The molecule has 7 aromatic carbocycles. The van der Waals surface area contributed by atoms with Gasteiger partial charge >= 0.3 is 0 Å². The van der Waals surface area contributed by atoms with Crippen LogP contribution >= 0.6 is 46.4 Å². The van der Waals surface area contributed by atoms with Crippen LogP contribution in [0.3, 0.4) is 0 Å². The number of unbranched alkanes of at least 4 members (excludes halogenated alkanes) is 6. The van der Waals surface area contributed by atoms with Gasteiger partial charge in [0.2, 0.25) is 53.5 Å². The van der Waals surface area contributed by atoms with E-state index in [-0.39, 0.29) is 5.82 Å². The number of aromatic nitrogens is 16. The summed E-state index contributed by atoms with van der Waals surface area (Å²) in [6.07, 6.45) is 25.4. The summed E-state index contributed by atoms with van der Waals surface area (Å²) in [5, 5.41) is 37.8. The number of ether oxygens (including phenoxy) is 3. The maximum Gasteiger partial charge on any atom is 0.232 e. The SMILES string of the molecule is CCCNc1nc(NCCCNc2ccnc3cc(Cl)ccc23)nc(N2CCOCC2)n1.CCc1ccc(Nc2nc(CCCCCNc3ccnc4cc(Cl)ccc34)nc(N3CCOCC3)n2)cc1.Cc1ccc(Nc2nc(CCCCCNc3ccnc4cc(Cl)ccc34)nc(N3CCOCC3)n2)cc1.Fc1ccc(Nc2nc(CCCCCNc3ccnc4cc(Cl)ccc34)nc(N3CCCCC3)n2)cc1. The fourth-order valence-corrected chi connectivity index (χ4v) is 17.5. The highest BCUT2D eigenvalue weighted by Gasteiger charge is 2.24. The fourth-order valence-electron chi connectivity index (χ4n) is 16.9. The highest BCUT2D eigenvalue weighted by molar-refractivity contribution is 6.32. The molecule has 8 aromatic heterocycles. The third kappa shape index (κ3) is 31.5. The summed E-state index contributed by atoms with van der Waals surface area (Å²) in [5.74, 6) is 7.86. The number of morpholine rings is 3. The second kappa shape index (κ2) is 54.3. The van der Waals surface area contributed by atoms with Crippen molar-refractivity contribution < 1.29 is 18.6 Å². The van der Waals surface area contributed by atoms with Crippen LogP contribution in [0, 0.1) is 12.7 Å². The quantitative estimate of drug-likeness (QED) is 0.0161. The van der Waals surface area contributed by atoms with Crippen molar-refractivity contribution in [1.29, 1.82) is 0 Å². The largest absolute Gasteiger partial charge is 0.384 e. The summed E-state index contributed by atoms with van der Waals surface area (Å²) in [6.45, 7) is 22.1. The van der Waals surface area contributed by atoms with Gasteiger partial charge in [-0.05, 0) is 235 Å². The molecule has 0 amide bonds. The lowest BCUT2D eigenvalue weighted by Crippen LogP contribution is -2.37. The monoisotopic (exact) mass is 2020 g/mol. The predicted octanol–water partition coefficient (Wildman–Crippen LogP) is 22.2. The topological polar surface area (TPSA) is 355 Å². The van der Waals surface area contributed by atoms with Crippen LogP contribution in [0.25, 0.3) is 43.6 Å². The van der Waals surface area contributed by atoms with Crippen molar-refractivity contribution in [2.45, 2.75) is 136 Å². The van der Waals surface area contributed by atoms with Crippen LogP contribution in [-0.4, -0.2) is 211 Å². The standard InChI is InChI=1S/C29H34ClN7O.C28H31ClFN7.C28H32ClN7O.C22H29ClN8O/c1-2-21-7-10-23(11-8-21)33-28-34-27(35-29(36-28)37-16-18-38-19-17-37)6-4-3-5-14-31-25-13-15-32-26-20-22(30)9-12-24(25)26;29-20-8-13-23-24(14-16-32-25(23)19-20)31-15-4-1-3-7-26-34-27(33-22-11-9-21(30)10-12-22)36-28(35-26)37-17-5-2-6-18-37;1-20-6-9-22(10-7-20)32-27-33-26(34-28(35-27)36-15-17-37-18-16-36)5-3-2-4-13-30-24-12-14-31-25-19-21(29)8-11-23(24)25;1-2-7-26-20-28-21(30-22(29-20)31-11-13-32-14-12-31)27-9-3-8-24-18-6-10-25-19-15-16(23)4-5-17(18)19/h7-13,15,20H,2-6,14,16-19H2,1H3,(H,31,32)(H,33,34,35,36);8-14,16,19H,1-7,15,17-18H2,(H,31,32)(H,33,34,35,36);6-12,14,19H,2-5,13,15-18H2,1H3,(H,30,31)(H,32,33,34,35);4-6,10,15H,2-3,7-9,11-14H2,1H3,(H,24,25)(H2,26,27,28,29,30). The molecule has 19 rings (SSSR count). The third-order valence-corrected chi connectivity index (χ3v) is 25.6. The zero-order valence-electron chi connectivity index (χ0n) is 81.9. The molecule has 0 unspecified atom stereocenters. The number of hydrogen-bond donors (Lipinski definition) is 9. The van der Waals surface area contributed by atoms with Gasteiger partial charge in [-0.2, -0.15) is 59.8 Å². The number of nitrogens with one attached hydrogen (secondary N) is 9. The van der Waals surface area contributed by atoms with Crippen LogP contribution in [0.5, 0.6) is 0 Å². The molecule has 0 atom stereocenters. The van der Waals surface area contributed by atoms with Crippen LogP contribution in [0.15, 0.2) is 195 Å². The van der Waals surface area contributed by atoms with Gasteiger partial charge in [-0.25, -0.2) is 4.39 Å². The zero-order valence-corrected chi connectivity index (χ0v) is 84.9. The number of fused-ring (bicyclic) bond motifs is 4. The first-order valence-electron chi connectivity index (χ1n) is 50.2. The van der Waals surface area contributed by atoms with Gasteiger partial charge in [0.1, 0.15) is 23.3 Å². The molecule has 4 fully saturated rings. The number of pyridine rings is 4. The number of rotatable bonds is 41. The summed E-state index contributed by atoms with van der Waals surface area (Å²) in [4.78, 5) is 82.7. The van der Waals surface area contributed by atoms with Crippen molar-refractivity contribution in [1.82, 2.24) is 79.7 Å². The smallest absolute Gasteiger partial charge is 0.232 e. The van der Waals surface area contributed by atoms with Crippen molar-refractivity contribution in [3.05, 3.63) is 249 Å². The van der Waals surface area contributed by atoms with Gasteiger partial charge in [-0.3, -0.25) is 19.9 Å². The van der Waals surface area contributed by atoms with E-state index in [0.29, 0.717) is 101 Å². The van der Waals surface area contributed by atoms with E-state index in [9.17, 15) is 4.39 Å². The Balaban J connectivity index is 0.000000138. The molecule has 0 spiro atoms. The van der Waals surface area contributed by atoms with Crippen LogP contribution in [0.4, 0.5) is 97.7 Å². The highest BCUT2D eigenvalue weighted by Crippen LogP contribution is 2.32. The van der Waals surface area contributed by atoms with Gasteiger partial charge in [0, 0.05) is 217 Å². The van der Waals surface area contributed by atoms with E-state index in [4.69, 9.17) is 95.5 Å². The van der Waals surface area contributed by atoms with Crippen molar-refractivity contribution in [2.75, 3.05) is 199 Å². The molecular weight excluding hydrogens is 1900 g/mol. The predicted molar refractivity (Wildman–Crippen MR) is 583 cm³/mol. The van der Waals surface area contributed by atoms with Gasteiger partial charge in [-0.1, -0.05) is 109 Å². The number of benzene rings is 7. The van der Waals surface area contributed by atoms with E-state index in [1.807, 2.05) is 122 Å². The number of halogens is 5. The zero-order chi connectivity index (χ0) is 99.2. The third-order valence-electron chi connectivity index (χ3n) is 24.7. The molecule has 144 heavy (non-hydrogen) atoms. The Morgan fingerprint density at radius 2 is 0.611 bits per heavy atom. The maximum absolute atomic E-state index is 13.3. The Hall–Kier alpha value is -13.4. The van der Waals surface area contributed by atoms with Gasteiger partial charge in [-0.15, -0.1) is 0 Å². The lowest BCUT2D eigenvalue weighted by atomic mass is 10.1. The summed E-state index contributed by atoms with van der Waals surface area (Å²) in [6, 6.07) is 54.0. The average molecular weight is 2030 g/mol. The molecule has 0 saturated carbocycles. The lowest BCUT2D eigenvalue weighted by molar-refractivity contribution is 0.122. The summed E-state index contributed by atoms with van der Waals surface area (Å²) in [5.41, 5.74) is 13.1. The minimum Gasteiger partial charge on any atom is -0.384 e. The highest BCUT2D eigenvalue weighted by atomic mass is 35.5. The average Bonchev–Trinajstić information content (AvgIpc) is 0.834. The molecule has 12 heterocycles. The molecule has 752 valence electrons. The Morgan fingerprint density at radius 3 is 0.965 bits per heavy atom. The Bertz CT molecular complexity index is 6390. The Morgan fingerprint density at radius 1 is 0.299 bits per heavy atom. The molecule has 32 nitrogen and oxygen atoms in total. The van der Waals surface area contributed by atoms with Crippen molar-refractivity contribution in [3.8, 4) is 0 Å². The summed E-state index contributed by atoms with van der Waals surface area (Å²) >= 11 is 24.4. The Kier molecular flexibility index (Phi) is 39.0. The summed E-state index contributed by atoms with van der Waals surface area (Å²) in [7, 11) is 0. The first-order chi connectivity index (χ1) is 70.7. The number of nitrogens with zero attached hydrogens (tertiary/aromatic N) is 20. The van der Waals surface area contributed by atoms with E-state index < -0.39 is 0 Å². The van der Waals surface area contributed by atoms with Gasteiger partial charge in [0.05, 0.1) is 61.7 Å². The molecule has 9 N–H and O–H groups in total. The van der Waals surface area contributed by atoms with Crippen LogP contribution in [0.1, 0.15) is 132 Å². The van der Waals surface area contributed by atoms with E-state index in [2.05, 4.69) is 169 Å². The molecule has 4 aliphatic rings. The molecule has 0 bridgehead atoms. The molecule has 0 radical (unpaired) electrons. The molecule has 15 aromatic rings. The van der Waals surface area contributed by atoms with Gasteiger partial charge < -0.3 is 81.7 Å². The first-order valence-corrected chi connectivity index (χ1v) is 51.8. The minimum absolute atomic E-state index is 0.271. The Labute approximate surface area is 860 Å². The van der Waals surface area contributed by atoms with E-state index in [1.165, 1.54) is 29.7 Å². The van der Waals surface area contributed by atoms with Crippen LogP contribution in [0.2, 0.25) is 20.1 Å². The fraction of sp³-hybridized carbons (Fsp3) is 0.383. The second-order valence-electron chi connectivity index (χ2n) is 35.5. The molecule has 4 aliphatic heterocycles. The maximum atomic E-state index is 13.3. The van der Waals surface area contributed by atoms with Crippen molar-refractivity contribution >= 4 is 183 Å². The molecule has 37 heteroatoms. The number of aryl methyl sites for hydroxylation is 5. The lowest BCUT2D eigenvalue weighted by Gasteiger charge is -2.27. The van der Waals surface area contributed by atoms with Crippen molar-refractivity contribution in [2.24, 2.45) is 0 Å². The number of anilines is 16. The van der Waals surface area contributed by atoms with E-state index in [1.54, 1.807) is 24.5 Å².